The first kappa shape index (κ1) is 14.0. The Hall–Kier alpha value is -1.38. The summed E-state index contributed by atoms with van der Waals surface area (Å²) in [4.78, 5) is 0. The molecule has 3 N–H and O–H groups in total. The molecule has 0 unspecified atom stereocenters. The summed E-state index contributed by atoms with van der Waals surface area (Å²) in [5, 5.41) is 3.53. The standard InChI is InChI=1S/C16H26N2O/c1-3-19-15-10-13(17)9-14(11-15)18-12-16(2)7-5-4-6-8-16/h9-11,18H,3-8,12,17H2,1-2H3. The third kappa shape index (κ3) is 4.05. The van der Waals surface area contributed by atoms with Crippen molar-refractivity contribution >= 4 is 11.4 Å². The van der Waals surface area contributed by atoms with E-state index >= 15 is 0 Å². The number of hydrogen-bond donors (Lipinski definition) is 2. The molecule has 2 rings (SSSR count). The Kier molecular flexibility index (Phi) is 4.56. The quantitative estimate of drug-likeness (QED) is 0.787. The van der Waals surface area contributed by atoms with Crippen molar-refractivity contribution in [2.24, 2.45) is 5.41 Å². The molecule has 0 bridgehead atoms. The van der Waals surface area contributed by atoms with Crippen LogP contribution in [0.1, 0.15) is 46.0 Å². The van der Waals surface area contributed by atoms with Gasteiger partial charge in [-0.3, -0.25) is 0 Å². The summed E-state index contributed by atoms with van der Waals surface area (Å²) in [6.45, 7) is 6.05. The Labute approximate surface area is 116 Å². The number of nitrogens with two attached hydrogens (primary N) is 1. The molecule has 1 aromatic carbocycles. The van der Waals surface area contributed by atoms with Crippen LogP contribution in [0.5, 0.6) is 5.75 Å². The van der Waals surface area contributed by atoms with Crippen LogP contribution in [0.2, 0.25) is 0 Å². The van der Waals surface area contributed by atoms with Gasteiger partial charge in [0.15, 0.2) is 0 Å². The average Bonchev–Trinajstić information content (AvgIpc) is 2.37. The molecule has 19 heavy (non-hydrogen) atoms. The van der Waals surface area contributed by atoms with Gasteiger partial charge in [0, 0.05) is 30.1 Å². The Morgan fingerprint density at radius 2 is 1.95 bits per heavy atom. The Morgan fingerprint density at radius 3 is 2.63 bits per heavy atom. The van der Waals surface area contributed by atoms with Gasteiger partial charge in [0.2, 0.25) is 0 Å². The van der Waals surface area contributed by atoms with Gasteiger partial charge in [-0.15, -0.1) is 0 Å². The zero-order valence-corrected chi connectivity index (χ0v) is 12.2. The van der Waals surface area contributed by atoms with Crippen LogP contribution >= 0.6 is 0 Å². The largest absolute Gasteiger partial charge is 0.494 e. The van der Waals surface area contributed by atoms with Crippen molar-refractivity contribution < 1.29 is 4.74 Å². The molecule has 1 fully saturated rings. The van der Waals surface area contributed by atoms with Crippen LogP contribution in [0.4, 0.5) is 11.4 Å². The summed E-state index contributed by atoms with van der Waals surface area (Å²) < 4.78 is 5.52. The maximum atomic E-state index is 5.91. The molecular formula is C16H26N2O. The minimum Gasteiger partial charge on any atom is -0.494 e. The van der Waals surface area contributed by atoms with E-state index in [1.165, 1.54) is 32.1 Å². The zero-order valence-electron chi connectivity index (χ0n) is 12.2. The molecule has 106 valence electrons. The topological polar surface area (TPSA) is 47.3 Å². The van der Waals surface area contributed by atoms with Gasteiger partial charge in [0.05, 0.1) is 6.61 Å². The van der Waals surface area contributed by atoms with Gasteiger partial charge in [0.25, 0.3) is 0 Å². The number of nitrogens with one attached hydrogen (secondary N) is 1. The monoisotopic (exact) mass is 262 g/mol. The molecule has 1 saturated carbocycles. The molecule has 0 aromatic heterocycles. The molecule has 0 atom stereocenters. The number of anilines is 2. The van der Waals surface area contributed by atoms with Crippen molar-refractivity contribution in [3.8, 4) is 5.75 Å². The fraction of sp³-hybridized carbons (Fsp3) is 0.625. The van der Waals surface area contributed by atoms with E-state index in [0.29, 0.717) is 12.0 Å². The molecule has 0 aliphatic heterocycles. The molecule has 3 heteroatoms. The van der Waals surface area contributed by atoms with Crippen molar-refractivity contribution in [3.63, 3.8) is 0 Å². The molecule has 0 radical (unpaired) electrons. The average molecular weight is 262 g/mol. The molecule has 0 heterocycles. The van der Waals surface area contributed by atoms with E-state index in [4.69, 9.17) is 10.5 Å². The van der Waals surface area contributed by atoms with Crippen molar-refractivity contribution in [1.29, 1.82) is 0 Å². The lowest BCUT2D eigenvalue weighted by atomic mass is 9.76. The van der Waals surface area contributed by atoms with Gasteiger partial charge in [-0.1, -0.05) is 26.2 Å². The number of hydrogen-bond acceptors (Lipinski definition) is 3. The molecule has 1 aliphatic carbocycles. The normalized spacial score (nSPS) is 18.0. The van der Waals surface area contributed by atoms with E-state index in [1.54, 1.807) is 0 Å². The number of ether oxygens (including phenoxy) is 1. The highest BCUT2D eigenvalue weighted by atomic mass is 16.5. The van der Waals surface area contributed by atoms with Crippen molar-refractivity contribution in [2.75, 3.05) is 24.2 Å². The molecule has 0 amide bonds. The number of rotatable bonds is 5. The molecule has 3 nitrogen and oxygen atoms in total. The van der Waals surface area contributed by atoms with Crippen molar-refractivity contribution in [2.45, 2.75) is 46.0 Å². The molecule has 0 spiro atoms. The van der Waals surface area contributed by atoms with Gasteiger partial charge in [-0.2, -0.15) is 0 Å². The third-order valence-electron chi connectivity index (χ3n) is 4.02. The van der Waals surface area contributed by atoms with E-state index in [-0.39, 0.29) is 0 Å². The fourth-order valence-corrected chi connectivity index (χ4v) is 2.87. The Balaban J connectivity index is 1.98. The Bertz CT molecular complexity index is 411. The van der Waals surface area contributed by atoms with Gasteiger partial charge in [0.1, 0.15) is 5.75 Å². The maximum absolute atomic E-state index is 5.91. The smallest absolute Gasteiger partial charge is 0.123 e. The van der Waals surface area contributed by atoms with Gasteiger partial charge < -0.3 is 15.8 Å². The first-order valence-electron chi connectivity index (χ1n) is 7.38. The van der Waals surface area contributed by atoms with E-state index in [2.05, 4.69) is 12.2 Å². The van der Waals surface area contributed by atoms with Crippen molar-refractivity contribution in [1.82, 2.24) is 0 Å². The highest BCUT2D eigenvalue weighted by Gasteiger charge is 2.26. The summed E-state index contributed by atoms with van der Waals surface area (Å²) in [6.07, 6.45) is 6.75. The van der Waals surface area contributed by atoms with E-state index in [0.717, 1.165) is 23.7 Å². The fourth-order valence-electron chi connectivity index (χ4n) is 2.87. The second-order valence-electron chi connectivity index (χ2n) is 5.95. The lowest BCUT2D eigenvalue weighted by molar-refractivity contribution is 0.233. The molecule has 0 saturated heterocycles. The minimum absolute atomic E-state index is 0.425. The van der Waals surface area contributed by atoms with Crippen LogP contribution in [-0.2, 0) is 0 Å². The van der Waals surface area contributed by atoms with E-state index in [1.807, 2.05) is 25.1 Å². The summed E-state index contributed by atoms with van der Waals surface area (Å²) in [5.74, 6) is 0.846. The number of benzene rings is 1. The lowest BCUT2D eigenvalue weighted by Crippen LogP contribution is -2.28. The van der Waals surface area contributed by atoms with E-state index in [9.17, 15) is 0 Å². The highest BCUT2D eigenvalue weighted by molar-refractivity contribution is 5.59. The van der Waals surface area contributed by atoms with Crippen LogP contribution in [0.25, 0.3) is 0 Å². The zero-order chi connectivity index (χ0) is 13.7. The predicted molar refractivity (Wildman–Crippen MR) is 81.7 cm³/mol. The summed E-state index contributed by atoms with van der Waals surface area (Å²) >= 11 is 0. The maximum Gasteiger partial charge on any atom is 0.123 e. The van der Waals surface area contributed by atoms with Gasteiger partial charge >= 0.3 is 0 Å². The second-order valence-corrected chi connectivity index (χ2v) is 5.95. The number of nitrogen functional groups attached to an aromatic ring is 1. The lowest BCUT2D eigenvalue weighted by Gasteiger charge is -2.34. The molecule has 1 aromatic rings. The highest BCUT2D eigenvalue weighted by Crippen LogP contribution is 2.36. The SMILES string of the molecule is CCOc1cc(N)cc(NCC2(C)CCCCC2)c1. The first-order chi connectivity index (χ1) is 9.11. The molecular weight excluding hydrogens is 236 g/mol. The minimum atomic E-state index is 0.425. The third-order valence-corrected chi connectivity index (χ3v) is 4.02. The van der Waals surface area contributed by atoms with Crippen molar-refractivity contribution in [3.05, 3.63) is 18.2 Å². The summed E-state index contributed by atoms with van der Waals surface area (Å²) in [7, 11) is 0. The molecule has 1 aliphatic rings. The van der Waals surface area contributed by atoms with Crippen LogP contribution in [-0.4, -0.2) is 13.2 Å². The Morgan fingerprint density at radius 1 is 1.21 bits per heavy atom. The predicted octanol–water partition coefficient (Wildman–Crippen LogP) is 4.05. The second kappa shape index (κ2) is 6.18. The van der Waals surface area contributed by atoms with Gasteiger partial charge in [-0.25, -0.2) is 0 Å². The van der Waals surface area contributed by atoms with Crippen LogP contribution < -0.4 is 15.8 Å². The first-order valence-corrected chi connectivity index (χ1v) is 7.38. The van der Waals surface area contributed by atoms with Gasteiger partial charge in [-0.05, 0) is 31.2 Å². The van der Waals surface area contributed by atoms with Crippen LogP contribution in [0.15, 0.2) is 18.2 Å². The van der Waals surface area contributed by atoms with Crippen LogP contribution in [0.3, 0.4) is 0 Å². The summed E-state index contributed by atoms with van der Waals surface area (Å²) in [5.41, 5.74) is 8.15. The summed E-state index contributed by atoms with van der Waals surface area (Å²) in [6, 6.07) is 5.89. The van der Waals surface area contributed by atoms with Crippen LogP contribution in [0, 0.1) is 5.41 Å². The van der Waals surface area contributed by atoms with E-state index < -0.39 is 0 Å².